The number of hydrogen-bond acceptors (Lipinski definition) is 5. The number of halogens is 2. The second kappa shape index (κ2) is 7.72. The van der Waals surface area contributed by atoms with Crippen LogP contribution in [0.1, 0.15) is 22.1 Å². The number of nitriles is 1. The van der Waals surface area contributed by atoms with E-state index in [4.69, 9.17) is 23.2 Å². The molecule has 0 fully saturated rings. The number of fused-ring (bicyclic) bond motifs is 1. The molecule has 4 aromatic rings. The molecule has 0 amide bonds. The van der Waals surface area contributed by atoms with Crippen molar-refractivity contribution < 1.29 is 0 Å². The van der Waals surface area contributed by atoms with Crippen molar-refractivity contribution in [1.29, 1.82) is 5.26 Å². The summed E-state index contributed by atoms with van der Waals surface area (Å²) in [6, 6.07) is 17.0. The largest absolute Gasteiger partial charge is 0.286 e. The van der Waals surface area contributed by atoms with E-state index in [1.807, 2.05) is 36.4 Å². The molecule has 0 saturated carbocycles. The number of para-hydroxylation sites is 1. The highest BCUT2D eigenvalue weighted by atomic mass is 35.5. The van der Waals surface area contributed by atoms with Gasteiger partial charge in [-0.05, 0) is 29.8 Å². The first-order valence-corrected chi connectivity index (χ1v) is 9.89. The Balaban J connectivity index is 1.71. The molecule has 5 nitrogen and oxygen atoms in total. The van der Waals surface area contributed by atoms with E-state index in [9.17, 15) is 10.1 Å². The van der Waals surface area contributed by atoms with Crippen LogP contribution in [0.5, 0.6) is 0 Å². The maximum absolute atomic E-state index is 12.7. The zero-order valence-corrected chi connectivity index (χ0v) is 16.7. The molecular formula is C20H12Cl2N4OS. The molecule has 0 bridgehead atoms. The average Bonchev–Trinajstić information content (AvgIpc) is 3.13. The fourth-order valence-electron chi connectivity index (χ4n) is 2.83. The van der Waals surface area contributed by atoms with Crippen LogP contribution in [0.25, 0.3) is 10.2 Å². The summed E-state index contributed by atoms with van der Waals surface area (Å²) < 4.78 is 2.24. The van der Waals surface area contributed by atoms with Crippen LogP contribution in [0.2, 0.25) is 10.0 Å². The molecule has 0 saturated heterocycles. The molecule has 28 heavy (non-hydrogen) atoms. The fourth-order valence-corrected chi connectivity index (χ4v) is 4.24. The standard InChI is InChI=1S/C20H12Cl2N4OS/c21-13-7-5-12(6-8-13)11-26-20(27)18(22)15(10-24-26)14(9-23)19-25-16-3-1-2-4-17(16)28-19/h1-8,10,14H,11H2/t14-/m0/s1. The highest BCUT2D eigenvalue weighted by molar-refractivity contribution is 7.18. The van der Waals surface area contributed by atoms with Gasteiger partial charge in [-0.1, -0.05) is 47.5 Å². The zero-order chi connectivity index (χ0) is 19.7. The summed E-state index contributed by atoms with van der Waals surface area (Å²) in [6.45, 7) is 0.258. The van der Waals surface area contributed by atoms with Crippen molar-refractivity contribution in [3.8, 4) is 6.07 Å². The summed E-state index contributed by atoms with van der Waals surface area (Å²) >= 11 is 13.6. The van der Waals surface area contributed by atoms with Gasteiger partial charge in [-0.2, -0.15) is 10.4 Å². The predicted octanol–water partition coefficient (Wildman–Crippen LogP) is 4.86. The maximum Gasteiger partial charge on any atom is 0.286 e. The molecule has 8 heteroatoms. The normalized spacial score (nSPS) is 12.0. The Morgan fingerprint density at radius 1 is 1.14 bits per heavy atom. The minimum Gasteiger partial charge on any atom is -0.266 e. The lowest BCUT2D eigenvalue weighted by Crippen LogP contribution is -2.25. The number of hydrogen-bond donors (Lipinski definition) is 0. The Morgan fingerprint density at radius 3 is 2.61 bits per heavy atom. The molecule has 0 aliphatic rings. The van der Waals surface area contributed by atoms with E-state index in [1.54, 1.807) is 12.1 Å². The lowest BCUT2D eigenvalue weighted by atomic mass is 10.0. The fraction of sp³-hybridized carbons (Fsp3) is 0.100. The Kier molecular flexibility index (Phi) is 5.14. The third kappa shape index (κ3) is 3.52. The minimum absolute atomic E-state index is 0.0187. The summed E-state index contributed by atoms with van der Waals surface area (Å²) in [6.07, 6.45) is 1.47. The molecule has 138 valence electrons. The van der Waals surface area contributed by atoms with Crippen LogP contribution in [0.3, 0.4) is 0 Å². The molecule has 0 spiro atoms. The predicted molar refractivity (Wildman–Crippen MR) is 111 cm³/mol. The molecule has 2 aromatic heterocycles. The number of aromatic nitrogens is 3. The summed E-state index contributed by atoms with van der Waals surface area (Å²) in [4.78, 5) is 17.2. The van der Waals surface area contributed by atoms with Gasteiger partial charge in [-0.3, -0.25) is 4.79 Å². The molecule has 2 heterocycles. The summed E-state index contributed by atoms with van der Waals surface area (Å²) in [5.41, 5.74) is 1.59. The van der Waals surface area contributed by atoms with Crippen molar-refractivity contribution in [3.05, 3.63) is 91.3 Å². The summed E-state index contributed by atoms with van der Waals surface area (Å²) in [5, 5.41) is 15.1. The molecule has 2 aromatic carbocycles. The van der Waals surface area contributed by atoms with E-state index in [0.29, 0.717) is 15.6 Å². The minimum atomic E-state index is -0.754. The average molecular weight is 427 g/mol. The van der Waals surface area contributed by atoms with Crippen molar-refractivity contribution in [2.24, 2.45) is 0 Å². The Morgan fingerprint density at radius 2 is 1.89 bits per heavy atom. The molecule has 0 radical (unpaired) electrons. The van der Waals surface area contributed by atoms with Gasteiger partial charge in [0, 0.05) is 10.6 Å². The van der Waals surface area contributed by atoms with Gasteiger partial charge in [0.2, 0.25) is 0 Å². The number of benzene rings is 2. The first-order valence-electron chi connectivity index (χ1n) is 8.32. The van der Waals surface area contributed by atoms with E-state index >= 15 is 0 Å². The van der Waals surface area contributed by atoms with Gasteiger partial charge < -0.3 is 0 Å². The van der Waals surface area contributed by atoms with Crippen molar-refractivity contribution in [2.45, 2.75) is 12.5 Å². The van der Waals surface area contributed by atoms with E-state index in [-0.39, 0.29) is 11.6 Å². The number of thiazole rings is 1. The van der Waals surface area contributed by atoms with Crippen LogP contribution in [0.4, 0.5) is 0 Å². The smallest absolute Gasteiger partial charge is 0.266 e. The Labute approximate surface area is 174 Å². The third-order valence-electron chi connectivity index (χ3n) is 4.25. The van der Waals surface area contributed by atoms with E-state index in [1.165, 1.54) is 22.2 Å². The first-order chi connectivity index (χ1) is 13.6. The van der Waals surface area contributed by atoms with Crippen molar-refractivity contribution >= 4 is 44.8 Å². The highest BCUT2D eigenvalue weighted by Gasteiger charge is 2.23. The van der Waals surface area contributed by atoms with Crippen LogP contribution in [-0.2, 0) is 6.54 Å². The van der Waals surface area contributed by atoms with Gasteiger partial charge in [-0.15, -0.1) is 11.3 Å². The van der Waals surface area contributed by atoms with Crippen LogP contribution in [-0.4, -0.2) is 14.8 Å². The van der Waals surface area contributed by atoms with Crippen LogP contribution >= 0.6 is 34.5 Å². The topological polar surface area (TPSA) is 71.6 Å². The Bertz CT molecular complexity index is 1220. The number of rotatable bonds is 4. The lowest BCUT2D eigenvalue weighted by molar-refractivity contribution is 0.633. The van der Waals surface area contributed by atoms with Crippen LogP contribution in [0, 0.1) is 11.3 Å². The van der Waals surface area contributed by atoms with Crippen LogP contribution < -0.4 is 5.56 Å². The van der Waals surface area contributed by atoms with Crippen molar-refractivity contribution in [3.63, 3.8) is 0 Å². The van der Waals surface area contributed by atoms with Gasteiger partial charge in [0.25, 0.3) is 5.56 Å². The summed E-state index contributed by atoms with van der Waals surface area (Å²) in [5.74, 6) is -0.754. The van der Waals surface area contributed by atoms with Gasteiger partial charge >= 0.3 is 0 Å². The molecule has 0 aliphatic heterocycles. The summed E-state index contributed by atoms with van der Waals surface area (Å²) in [7, 11) is 0. The Hall–Kier alpha value is -2.72. The zero-order valence-electron chi connectivity index (χ0n) is 14.3. The third-order valence-corrected chi connectivity index (χ3v) is 5.99. The number of nitrogens with zero attached hydrogens (tertiary/aromatic N) is 4. The quantitative estimate of drug-likeness (QED) is 0.466. The monoisotopic (exact) mass is 426 g/mol. The highest BCUT2D eigenvalue weighted by Crippen LogP contribution is 2.33. The van der Waals surface area contributed by atoms with Gasteiger partial charge in [0.05, 0.1) is 29.0 Å². The van der Waals surface area contributed by atoms with E-state index < -0.39 is 11.5 Å². The van der Waals surface area contributed by atoms with E-state index in [2.05, 4.69) is 16.2 Å². The first kappa shape index (κ1) is 18.6. The molecule has 0 N–H and O–H groups in total. The SMILES string of the molecule is N#C[C@H](c1nc2ccccc2s1)c1cnn(Cc2ccc(Cl)cc2)c(=O)c1Cl. The van der Waals surface area contributed by atoms with Gasteiger partial charge in [-0.25, -0.2) is 9.67 Å². The molecule has 4 rings (SSSR count). The molecule has 0 unspecified atom stereocenters. The molecule has 1 atom stereocenters. The van der Waals surface area contributed by atoms with Crippen molar-refractivity contribution in [1.82, 2.24) is 14.8 Å². The lowest BCUT2D eigenvalue weighted by Gasteiger charge is -2.11. The second-order valence-electron chi connectivity index (χ2n) is 6.09. The maximum atomic E-state index is 12.7. The van der Waals surface area contributed by atoms with Gasteiger partial charge in [0.15, 0.2) is 0 Å². The van der Waals surface area contributed by atoms with Crippen molar-refractivity contribution in [2.75, 3.05) is 0 Å². The molecule has 0 aliphatic carbocycles. The van der Waals surface area contributed by atoms with Gasteiger partial charge in [0.1, 0.15) is 15.9 Å². The van der Waals surface area contributed by atoms with E-state index in [0.717, 1.165) is 15.8 Å². The second-order valence-corrected chi connectivity index (χ2v) is 7.96. The van der Waals surface area contributed by atoms with Crippen LogP contribution in [0.15, 0.2) is 59.5 Å². The molecular weight excluding hydrogens is 415 g/mol.